The summed E-state index contributed by atoms with van der Waals surface area (Å²) in [6, 6.07) is 11.0. The lowest BCUT2D eigenvalue weighted by atomic mass is 9.85. The first-order chi connectivity index (χ1) is 13.1. The van der Waals surface area contributed by atoms with E-state index in [-0.39, 0.29) is 11.9 Å². The number of benzene rings is 1. The van der Waals surface area contributed by atoms with Crippen molar-refractivity contribution in [2.45, 2.75) is 51.6 Å². The van der Waals surface area contributed by atoms with Gasteiger partial charge < -0.3 is 10.2 Å². The van der Waals surface area contributed by atoms with Gasteiger partial charge in [0.2, 0.25) is 0 Å². The van der Waals surface area contributed by atoms with Crippen LogP contribution in [0, 0.1) is 12.8 Å². The predicted molar refractivity (Wildman–Crippen MR) is 107 cm³/mol. The normalized spacial score (nSPS) is 26.1. The summed E-state index contributed by atoms with van der Waals surface area (Å²) in [6.45, 7) is 7.18. The Hall–Kier alpha value is -2.14. The number of nitrogens with one attached hydrogen (secondary N) is 1. The molecule has 0 spiro atoms. The van der Waals surface area contributed by atoms with Gasteiger partial charge in [0.25, 0.3) is 5.91 Å². The molecule has 4 rings (SSSR count). The lowest BCUT2D eigenvalue weighted by Gasteiger charge is -2.40. The number of piperidine rings is 2. The topological polar surface area (TPSA) is 50.2 Å². The largest absolute Gasteiger partial charge is 0.330 e. The SMILES string of the molecule is Cc1ccc(C2C(C)CCCN2C(=O)c2ccn(C3CCCNC3)n2)cc1. The summed E-state index contributed by atoms with van der Waals surface area (Å²) in [6.07, 6.45) is 6.47. The zero-order valence-corrected chi connectivity index (χ0v) is 16.4. The van der Waals surface area contributed by atoms with Crippen molar-refractivity contribution in [3.05, 3.63) is 53.3 Å². The Morgan fingerprint density at radius 3 is 2.70 bits per heavy atom. The molecule has 2 saturated heterocycles. The highest BCUT2D eigenvalue weighted by Crippen LogP contribution is 2.36. The summed E-state index contributed by atoms with van der Waals surface area (Å²) in [4.78, 5) is 15.4. The van der Waals surface area contributed by atoms with Crippen molar-refractivity contribution in [3.8, 4) is 0 Å². The Bertz CT molecular complexity index is 776. The van der Waals surface area contributed by atoms with Gasteiger partial charge in [-0.15, -0.1) is 0 Å². The van der Waals surface area contributed by atoms with Crippen molar-refractivity contribution >= 4 is 5.91 Å². The molecule has 2 aliphatic heterocycles. The molecule has 5 nitrogen and oxygen atoms in total. The standard InChI is InChI=1S/C22H30N4O/c1-16-7-9-18(10-8-16)21-17(2)5-4-13-25(21)22(27)20-11-14-26(24-20)19-6-3-12-23-15-19/h7-11,14,17,19,21,23H,3-6,12-13,15H2,1-2H3. The minimum atomic E-state index is 0.0645. The molecule has 3 unspecified atom stereocenters. The number of amides is 1. The number of aryl methyl sites for hydroxylation is 1. The van der Waals surface area contributed by atoms with Gasteiger partial charge in [0.1, 0.15) is 5.69 Å². The van der Waals surface area contributed by atoms with Crippen LogP contribution in [0.3, 0.4) is 0 Å². The third-order valence-corrected chi connectivity index (χ3v) is 6.09. The van der Waals surface area contributed by atoms with Gasteiger partial charge >= 0.3 is 0 Å². The van der Waals surface area contributed by atoms with Crippen LogP contribution in [0.1, 0.15) is 66.3 Å². The summed E-state index contributed by atoms with van der Waals surface area (Å²) in [5.74, 6) is 0.518. The molecule has 0 aliphatic carbocycles. The fourth-order valence-corrected chi connectivity index (χ4v) is 4.55. The van der Waals surface area contributed by atoms with E-state index in [0.29, 0.717) is 17.7 Å². The summed E-state index contributed by atoms with van der Waals surface area (Å²) < 4.78 is 1.98. The van der Waals surface area contributed by atoms with E-state index in [9.17, 15) is 4.79 Å². The van der Waals surface area contributed by atoms with Gasteiger partial charge in [-0.25, -0.2) is 0 Å². The molecule has 3 atom stereocenters. The highest BCUT2D eigenvalue weighted by Gasteiger charge is 2.34. The summed E-state index contributed by atoms with van der Waals surface area (Å²) in [5, 5.41) is 8.08. The van der Waals surface area contributed by atoms with Gasteiger partial charge in [0, 0.05) is 19.3 Å². The van der Waals surface area contributed by atoms with E-state index in [4.69, 9.17) is 0 Å². The first kappa shape index (κ1) is 18.2. The highest BCUT2D eigenvalue weighted by atomic mass is 16.2. The number of likely N-dealkylation sites (tertiary alicyclic amines) is 1. The fraction of sp³-hybridized carbons (Fsp3) is 0.545. The minimum Gasteiger partial charge on any atom is -0.330 e. The number of rotatable bonds is 3. The van der Waals surface area contributed by atoms with E-state index < -0.39 is 0 Å². The predicted octanol–water partition coefficient (Wildman–Crippen LogP) is 3.73. The lowest BCUT2D eigenvalue weighted by molar-refractivity contribution is 0.0506. The molecule has 1 N–H and O–H groups in total. The van der Waals surface area contributed by atoms with Crippen LogP contribution in [-0.2, 0) is 0 Å². The van der Waals surface area contributed by atoms with Crippen LogP contribution in [-0.4, -0.2) is 40.2 Å². The van der Waals surface area contributed by atoms with E-state index in [0.717, 1.165) is 45.3 Å². The van der Waals surface area contributed by atoms with Crippen LogP contribution in [0.5, 0.6) is 0 Å². The number of carbonyl (C=O) groups excluding carboxylic acids is 1. The summed E-state index contributed by atoms with van der Waals surface area (Å²) in [5.41, 5.74) is 3.06. The molecular weight excluding hydrogens is 336 g/mol. The summed E-state index contributed by atoms with van der Waals surface area (Å²) >= 11 is 0. The first-order valence-corrected chi connectivity index (χ1v) is 10.3. The van der Waals surface area contributed by atoms with Crippen LogP contribution in [0.2, 0.25) is 0 Å². The zero-order valence-electron chi connectivity index (χ0n) is 16.4. The molecule has 27 heavy (non-hydrogen) atoms. The maximum Gasteiger partial charge on any atom is 0.274 e. The number of nitrogens with zero attached hydrogens (tertiary/aromatic N) is 3. The number of aromatic nitrogens is 2. The molecule has 0 saturated carbocycles. The van der Waals surface area contributed by atoms with Gasteiger partial charge in [-0.1, -0.05) is 36.8 Å². The van der Waals surface area contributed by atoms with E-state index in [1.807, 2.05) is 21.8 Å². The highest BCUT2D eigenvalue weighted by molar-refractivity contribution is 5.92. The average molecular weight is 367 g/mol. The molecule has 2 aliphatic rings. The van der Waals surface area contributed by atoms with Crippen molar-refractivity contribution in [3.63, 3.8) is 0 Å². The van der Waals surface area contributed by atoms with Crippen LogP contribution in [0.4, 0.5) is 0 Å². The van der Waals surface area contributed by atoms with Gasteiger partial charge in [-0.05, 0) is 56.7 Å². The van der Waals surface area contributed by atoms with Crippen LogP contribution in [0.25, 0.3) is 0 Å². The first-order valence-electron chi connectivity index (χ1n) is 10.3. The minimum absolute atomic E-state index is 0.0645. The van der Waals surface area contributed by atoms with Gasteiger partial charge in [-0.3, -0.25) is 9.48 Å². The number of hydrogen-bond acceptors (Lipinski definition) is 3. The maximum atomic E-state index is 13.3. The Kier molecular flexibility index (Phi) is 5.30. The third kappa shape index (κ3) is 3.79. The molecule has 2 fully saturated rings. The molecule has 2 aromatic rings. The Balaban J connectivity index is 1.57. The van der Waals surface area contributed by atoms with Crippen molar-refractivity contribution in [2.24, 2.45) is 5.92 Å². The van der Waals surface area contributed by atoms with Crippen molar-refractivity contribution in [2.75, 3.05) is 19.6 Å². The molecule has 1 aromatic heterocycles. The van der Waals surface area contributed by atoms with Crippen molar-refractivity contribution < 1.29 is 4.79 Å². The smallest absolute Gasteiger partial charge is 0.274 e. The van der Waals surface area contributed by atoms with E-state index in [1.54, 1.807) is 0 Å². The lowest BCUT2D eigenvalue weighted by Crippen LogP contribution is -2.42. The fourth-order valence-electron chi connectivity index (χ4n) is 4.55. The Morgan fingerprint density at radius 2 is 1.96 bits per heavy atom. The molecular formula is C22H30N4O. The second-order valence-electron chi connectivity index (χ2n) is 8.15. The second kappa shape index (κ2) is 7.85. The number of hydrogen-bond donors (Lipinski definition) is 1. The van der Waals surface area contributed by atoms with E-state index >= 15 is 0 Å². The van der Waals surface area contributed by atoms with E-state index in [1.165, 1.54) is 11.1 Å². The van der Waals surface area contributed by atoms with Gasteiger partial charge in [0.15, 0.2) is 0 Å². The van der Waals surface area contributed by atoms with Crippen LogP contribution >= 0.6 is 0 Å². The maximum absolute atomic E-state index is 13.3. The second-order valence-corrected chi connectivity index (χ2v) is 8.15. The van der Waals surface area contributed by atoms with Gasteiger partial charge in [-0.2, -0.15) is 5.10 Å². The monoisotopic (exact) mass is 366 g/mol. The Labute approximate surface area is 161 Å². The van der Waals surface area contributed by atoms with Crippen LogP contribution < -0.4 is 5.32 Å². The molecule has 1 amide bonds. The molecule has 1 aromatic carbocycles. The van der Waals surface area contributed by atoms with Crippen LogP contribution in [0.15, 0.2) is 36.5 Å². The van der Waals surface area contributed by atoms with E-state index in [2.05, 4.69) is 48.5 Å². The van der Waals surface area contributed by atoms with Crippen molar-refractivity contribution in [1.82, 2.24) is 20.0 Å². The quantitative estimate of drug-likeness (QED) is 0.900. The molecule has 0 bridgehead atoms. The molecule has 0 radical (unpaired) electrons. The Morgan fingerprint density at radius 1 is 1.15 bits per heavy atom. The van der Waals surface area contributed by atoms with Gasteiger partial charge in [0.05, 0.1) is 12.1 Å². The molecule has 5 heteroatoms. The third-order valence-electron chi connectivity index (χ3n) is 6.09. The zero-order chi connectivity index (χ0) is 18.8. The summed E-state index contributed by atoms with van der Waals surface area (Å²) in [7, 11) is 0. The van der Waals surface area contributed by atoms with Crippen molar-refractivity contribution in [1.29, 1.82) is 0 Å². The average Bonchev–Trinajstić information content (AvgIpc) is 3.19. The number of carbonyl (C=O) groups is 1. The molecule has 3 heterocycles. The molecule has 144 valence electrons.